The van der Waals surface area contributed by atoms with Crippen LogP contribution in [0.15, 0.2) is 24.3 Å². The van der Waals surface area contributed by atoms with Crippen molar-refractivity contribution in [2.45, 2.75) is 39.0 Å². The standard InChI is InChI=1S/C19H32N4O3S/c1-3-27(25,26)22(2)14-10-13-20-19(24)21-17-11-6-7-12-18(17)23-15-8-4-5-9-16-23/h6-7,11-12H,3-5,8-10,13-16H2,1-2H3,(H2,20,21,24). The van der Waals surface area contributed by atoms with Gasteiger partial charge in [0.2, 0.25) is 10.0 Å². The molecule has 1 fully saturated rings. The first-order chi connectivity index (χ1) is 12.9. The third kappa shape index (κ3) is 6.70. The molecule has 0 unspecified atom stereocenters. The van der Waals surface area contributed by atoms with Crippen molar-refractivity contribution in [1.82, 2.24) is 9.62 Å². The highest BCUT2D eigenvalue weighted by molar-refractivity contribution is 7.89. The summed E-state index contributed by atoms with van der Waals surface area (Å²) < 4.78 is 24.7. The molecule has 1 saturated heterocycles. The van der Waals surface area contributed by atoms with Crippen LogP contribution in [0, 0.1) is 0 Å². The molecule has 2 amide bonds. The summed E-state index contributed by atoms with van der Waals surface area (Å²) in [5.74, 6) is 0.0880. The minimum absolute atomic E-state index is 0.0880. The topological polar surface area (TPSA) is 81.8 Å². The smallest absolute Gasteiger partial charge is 0.319 e. The molecule has 0 bridgehead atoms. The molecule has 1 aliphatic rings. The fraction of sp³-hybridized carbons (Fsp3) is 0.632. The van der Waals surface area contributed by atoms with Crippen LogP contribution in [-0.2, 0) is 10.0 Å². The molecule has 7 nitrogen and oxygen atoms in total. The van der Waals surface area contributed by atoms with Gasteiger partial charge < -0.3 is 15.5 Å². The average molecular weight is 397 g/mol. The van der Waals surface area contributed by atoms with Gasteiger partial charge in [-0.3, -0.25) is 0 Å². The average Bonchev–Trinajstić information content (AvgIpc) is 2.94. The summed E-state index contributed by atoms with van der Waals surface area (Å²) in [5, 5.41) is 5.74. The van der Waals surface area contributed by atoms with Crippen molar-refractivity contribution in [3.63, 3.8) is 0 Å². The second-order valence-electron chi connectivity index (χ2n) is 6.87. The number of sulfonamides is 1. The largest absolute Gasteiger partial charge is 0.370 e. The van der Waals surface area contributed by atoms with E-state index in [1.54, 1.807) is 14.0 Å². The van der Waals surface area contributed by atoms with Gasteiger partial charge in [-0.15, -0.1) is 0 Å². The van der Waals surface area contributed by atoms with Gasteiger partial charge in [0.1, 0.15) is 0 Å². The third-order valence-corrected chi connectivity index (χ3v) is 6.74. The highest BCUT2D eigenvalue weighted by atomic mass is 32.2. The summed E-state index contributed by atoms with van der Waals surface area (Å²) in [7, 11) is -1.60. The van der Waals surface area contributed by atoms with Crippen molar-refractivity contribution < 1.29 is 13.2 Å². The van der Waals surface area contributed by atoms with E-state index in [-0.39, 0.29) is 11.8 Å². The Morgan fingerprint density at radius 1 is 1.15 bits per heavy atom. The van der Waals surface area contributed by atoms with Gasteiger partial charge in [-0.2, -0.15) is 0 Å². The van der Waals surface area contributed by atoms with Crippen LogP contribution in [-0.4, -0.2) is 57.7 Å². The highest BCUT2D eigenvalue weighted by Gasteiger charge is 2.16. The van der Waals surface area contributed by atoms with Crippen LogP contribution in [0.3, 0.4) is 0 Å². The van der Waals surface area contributed by atoms with Gasteiger partial charge in [-0.05, 0) is 38.3 Å². The van der Waals surface area contributed by atoms with E-state index in [0.29, 0.717) is 19.5 Å². The molecule has 0 aromatic heterocycles. The number of benzene rings is 1. The Bertz CT molecular complexity index is 701. The lowest BCUT2D eigenvalue weighted by Crippen LogP contribution is -2.34. The lowest BCUT2D eigenvalue weighted by Gasteiger charge is -2.25. The Hall–Kier alpha value is -1.80. The van der Waals surface area contributed by atoms with E-state index < -0.39 is 10.0 Å². The highest BCUT2D eigenvalue weighted by Crippen LogP contribution is 2.27. The van der Waals surface area contributed by atoms with Crippen LogP contribution in [0.25, 0.3) is 0 Å². The SMILES string of the molecule is CCS(=O)(=O)N(C)CCCNC(=O)Nc1ccccc1N1CCCCCC1. The zero-order valence-corrected chi connectivity index (χ0v) is 17.2. The summed E-state index contributed by atoms with van der Waals surface area (Å²) in [6, 6.07) is 7.61. The summed E-state index contributed by atoms with van der Waals surface area (Å²) in [5.41, 5.74) is 1.87. The Balaban J connectivity index is 1.84. The molecular formula is C19H32N4O3S. The normalized spacial score (nSPS) is 15.4. The predicted octanol–water partition coefficient (Wildman–Crippen LogP) is 2.86. The van der Waals surface area contributed by atoms with E-state index in [1.165, 1.54) is 30.0 Å². The molecule has 2 N–H and O–H groups in total. The summed E-state index contributed by atoms with van der Waals surface area (Å²) in [4.78, 5) is 14.6. The number of carbonyl (C=O) groups is 1. The zero-order chi connectivity index (χ0) is 19.7. The molecule has 1 aromatic carbocycles. The van der Waals surface area contributed by atoms with Gasteiger partial charge in [0.05, 0.1) is 17.1 Å². The molecule has 0 saturated carbocycles. The molecule has 0 radical (unpaired) electrons. The fourth-order valence-electron chi connectivity index (χ4n) is 3.20. The van der Waals surface area contributed by atoms with Crippen LogP contribution in [0.1, 0.15) is 39.0 Å². The van der Waals surface area contributed by atoms with Crippen molar-refractivity contribution in [2.24, 2.45) is 0 Å². The second-order valence-corrected chi connectivity index (χ2v) is 9.24. The molecule has 1 aromatic rings. The Morgan fingerprint density at radius 3 is 2.48 bits per heavy atom. The lowest BCUT2D eigenvalue weighted by molar-refractivity contribution is 0.251. The fourth-order valence-corrected chi connectivity index (χ4v) is 4.04. The van der Waals surface area contributed by atoms with E-state index >= 15 is 0 Å². The van der Waals surface area contributed by atoms with E-state index in [4.69, 9.17) is 0 Å². The van der Waals surface area contributed by atoms with Gasteiger partial charge >= 0.3 is 6.03 Å². The minimum Gasteiger partial charge on any atom is -0.370 e. The molecule has 152 valence electrons. The van der Waals surface area contributed by atoms with Crippen molar-refractivity contribution >= 4 is 27.4 Å². The lowest BCUT2D eigenvalue weighted by atomic mass is 10.2. The zero-order valence-electron chi connectivity index (χ0n) is 16.4. The number of nitrogens with one attached hydrogen (secondary N) is 2. The monoisotopic (exact) mass is 396 g/mol. The van der Waals surface area contributed by atoms with Crippen LogP contribution in [0.4, 0.5) is 16.2 Å². The number of hydrogen-bond donors (Lipinski definition) is 2. The van der Waals surface area contributed by atoms with Crippen LogP contribution < -0.4 is 15.5 Å². The van der Waals surface area contributed by atoms with Gasteiger partial charge in [0.25, 0.3) is 0 Å². The second kappa shape index (κ2) is 10.5. The Labute approximate surface area is 163 Å². The first-order valence-electron chi connectivity index (χ1n) is 9.77. The quantitative estimate of drug-likeness (QED) is 0.662. The number of carbonyl (C=O) groups excluding carboxylic acids is 1. The molecule has 0 atom stereocenters. The molecule has 0 spiro atoms. The predicted molar refractivity (Wildman–Crippen MR) is 111 cm³/mol. The maximum atomic E-state index is 12.2. The number of hydrogen-bond acceptors (Lipinski definition) is 4. The van der Waals surface area contributed by atoms with E-state index in [2.05, 4.69) is 15.5 Å². The van der Waals surface area contributed by atoms with Crippen molar-refractivity contribution in [1.29, 1.82) is 0 Å². The molecule has 1 heterocycles. The summed E-state index contributed by atoms with van der Waals surface area (Å²) >= 11 is 0. The molecule has 2 rings (SSSR count). The van der Waals surface area contributed by atoms with Gasteiger partial charge in [-0.1, -0.05) is 25.0 Å². The maximum absolute atomic E-state index is 12.2. The number of anilines is 2. The van der Waals surface area contributed by atoms with Crippen LogP contribution in [0.2, 0.25) is 0 Å². The number of amides is 2. The number of rotatable bonds is 8. The number of urea groups is 1. The maximum Gasteiger partial charge on any atom is 0.319 e. The van der Waals surface area contributed by atoms with E-state index in [1.807, 2.05) is 24.3 Å². The molecule has 0 aliphatic carbocycles. The Kier molecular flexibility index (Phi) is 8.37. The van der Waals surface area contributed by atoms with Gasteiger partial charge in [-0.25, -0.2) is 17.5 Å². The Morgan fingerprint density at radius 2 is 1.81 bits per heavy atom. The summed E-state index contributed by atoms with van der Waals surface area (Å²) in [6.45, 7) is 4.46. The molecule has 1 aliphatic heterocycles. The first kappa shape index (κ1) is 21.5. The van der Waals surface area contributed by atoms with Gasteiger partial charge in [0.15, 0.2) is 0 Å². The molecule has 8 heteroatoms. The minimum atomic E-state index is -3.17. The van der Waals surface area contributed by atoms with Gasteiger partial charge in [0, 0.05) is 33.2 Å². The number of para-hydroxylation sites is 2. The van der Waals surface area contributed by atoms with E-state index in [9.17, 15) is 13.2 Å². The van der Waals surface area contributed by atoms with Crippen molar-refractivity contribution in [3.8, 4) is 0 Å². The number of nitrogens with zero attached hydrogens (tertiary/aromatic N) is 2. The first-order valence-corrected chi connectivity index (χ1v) is 11.4. The molecule has 27 heavy (non-hydrogen) atoms. The van der Waals surface area contributed by atoms with Crippen LogP contribution >= 0.6 is 0 Å². The molecular weight excluding hydrogens is 364 g/mol. The summed E-state index contributed by atoms with van der Waals surface area (Å²) in [6.07, 6.45) is 5.43. The van der Waals surface area contributed by atoms with E-state index in [0.717, 1.165) is 24.5 Å². The third-order valence-electron chi connectivity index (χ3n) is 4.87. The van der Waals surface area contributed by atoms with Crippen LogP contribution in [0.5, 0.6) is 0 Å². The van der Waals surface area contributed by atoms with Crippen molar-refractivity contribution in [3.05, 3.63) is 24.3 Å². The van der Waals surface area contributed by atoms with Crippen molar-refractivity contribution in [2.75, 3.05) is 49.2 Å².